The first-order chi connectivity index (χ1) is 37.4. The maximum Gasteiger partial charge on any atom is 0.374 e. The molecule has 0 N–H and O–H groups in total. The zero-order chi connectivity index (χ0) is 58.9. The molecule has 0 amide bonds. The molecule has 0 radical (unpaired) electrons. The van der Waals surface area contributed by atoms with Gasteiger partial charge in [0.1, 0.15) is 18.2 Å². The van der Waals surface area contributed by atoms with Crippen LogP contribution in [-0.4, -0.2) is 72.7 Å². The highest BCUT2D eigenvalue weighted by atomic mass is 16.7. The third-order valence-corrected chi connectivity index (χ3v) is 9.05. The van der Waals surface area contributed by atoms with Crippen molar-refractivity contribution in [2.75, 3.05) is 19.8 Å². The number of furan rings is 6. The van der Waals surface area contributed by atoms with Crippen molar-refractivity contribution in [2.45, 2.75) is 147 Å². The highest BCUT2D eigenvalue weighted by Crippen LogP contribution is 2.09. The Kier molecular flexibility index (Phi) is 44.0. The summed E-state index contributed by atoms with van der Waals surface area (Å²) in [5, 5.41) is 0. The van der Waals surface area contributed by atoms with Gasteiger partial charge in [0.15, 0.2) is 46.2 Å². The largest absolute Gasteiger partial charge is 0.466 e. The molecule has 0 aliphatic carbocycles. The molecule has 428 valence electrons. The van der Waals surface area contributed by atoms with Crippen LogP contribution >= 0.6 is 0 Å². The van der Waals surface area contributed by atoms with Gasteiger partial charge in [-0.15, -0.1) is 0 Å². The van der Waals surface area contributed by atoms with E-state index in [1.165, 1.54) is 45.2 Å². The SMILES string of the molecule is CC(=O)OCc1ccco1.CC(=O)c1ccco1.CC(C)C(=O)c1ccco1.CCC(=O)CC.CCCC(=O)c1ccco1.CCCCC(=O)c1ccco1.CCOC(=O)c1ccco1.CCOC(C#CC(=O)CC)OCC. The molecule has 78 heavy (non-hydrogen) atoms. The van der Waals surface area contributed by atoms with Crippen LogP contribution < -0.4 is 0 Å². The highest BCUT2D eigenvalue weighted by Gasteiger charge is 2.12. The topological polar surface area (TPSA) is 252 Å². The minimum absolute atomic E-state index is 0.0196. The summed E-state index contributed by atoms with van der Waals surface area (Å²) >= 11 is 0. The number of ether oxygens (including phenoxy) is 4. The van der Waals surface area contributed by atoms with E-state index in [2.05, 4.69) is 28.2 Å². The van der Waals surface area contributed by atoms with E-state index in [0.717, 1.165) is 19.3 Å². The lowest BCUT2D eigenvalue weighted by molar-refractivity contribution is -0.142. The fourth-order valence-corrected chi connectivity index (χ4v) is 4.94. The van der Waals surface area contributed by atoms with E-state index in [-0.39, 0.29) is 53.2 Å². The molecule has 0 atom stereocenters. The van der Waals surface area contributed by atoms with Crippen molar-refractivity contribution in [3.05, 3.63) is 145 Å². The molecule has 0 fully saturated rings. The van der Waals surface area contributed by atoms with Crippen molar-refractivity contribution in [2.24, 2.45) is 5.92 Å². The molecule has 6 aromatic heterocycles. The van der Waals surface area contributed by atoms with Crippen LogP contribution in [0.4, 0.5) is 0 Å². The molecule has 0 aliphatic rings. The van der Waals surface area contributed by atoms with Crippen LogP contribution in [0.2, 0.25) is 0 Å². The summed E-state index contributed by atoms with van der Waals surface area (Å²) in [7, 11) is 0. The molecule has 0 saturated carbocycles. The maximum atomic E-state index is 11.2. The summed E-state index contributed by atoms with van der Waals surface area (Å²) in [6.07, 6.45) is 14.3. The number of ketones is 6. The molecule has 0 aliphatic heterocycles. The molecular formula is C60H80O18. The van der Waals surface area contributed by atoms with Gasteiger partial charge < -0.3 is 45.5 Å². The van der Waals surface area contributed by atoms with Gasteiger partial charge >= 0.3 is 11.9 Å². The highest BCUT2D eigenvalue weighted by molar-refractivity contribution is 5.96. The molecule has 0 saturated heterocycles. The number of esters is 2. The summed E-state index contributed by atoms with van der Waals surface area (Å²) in [6.45, 7) is 23.2. The van der Waals surface area contributed by atoms with Crippen molar-refractivity contribution >= 4 is 46.6 Å². The standard InChI is InChI=1S/C10H16O3.C9H12O2.2C8H10O2.2C7H8O3.C6H6O2.C5H10O/c1-4-9(11)7-8-10(12-5-2)13-6-3;1-2-3-5-8(10)9-6-4-7-11-9;1-6(2)8(9)7-4-3-5-10-7;1-2-4-7(9)8-5-3-6-10-8;1-6(8)10-5-7-3-2-4-9-7;1-2-9-7(8)6-4-3-5-10-6;1-5(7)6-3-2-4-8-6;1-3-5(6)4-2/h10H,4-6H2,1-3H3;4,6-7H,2-3,5H2,1H3;3-6H,1-2H3;3,5-6H,2,4H2,1H3;2-4H,5H2,1H3;3-5H,2H2,1H3;2-4H,1H3;3-4H2,1-2H3. The van der Waals surface area contributed by atoms with Crippen molar-refractivity contribution in [1.82, 2.24) is 0 Å². The number of carbonyl (C=O) groups is 8. The third kappa shape index (κ3) is 37.8. The predicted molar refractivity (Wildman–Crippen MR) is 292 cm³/mol. The van der Waals surface area contributed by atoms with Crippen molar-refractivity contribution in [1.29, 1.82) is 0 Å². The lowest BCUT2D eigenvalue weighted by atomic mass is 10.1. The zero-order valence-electron chi connectivity index (χ0n) is 47.4. The molecule has 0 spiro atoms. The van der Waals surface area contributed by atoms with E-state index in [1.54, 1.807) is 92.9 Å². The molecule has 18 heteroatoms. The van der Waals surface area contributed by atoms with Crippen molar-refractivity contribution < 1.29 is 83.8 Å². The van der Waals surface area contributed by atoms with Crippen molar-refractivity contribution in [3.63, 3.8) is 0 Å². The van der Waals surface area contributed by atoms with E-state index >= 15 is 0 Å². The smallest absolute Gasteiger partial charge is 0.374 e. The maximum absolute atomic E-state index is 11.2. The predicted octanol–water partition coefficient (Wildman–Crippen LogP) is 14.1. The minimum Gasteiger partial charge on any atom is -0.466 e. The second-order valence-corrected chi connectivity index (χ2v) is 15.8. The van der Waals surface area contributed by atoms with E-state index in [0.29, 0.717) is 86.5 Å². The number of hydrogen-bond acceptors (Lipinski definition) is 18. The summed E-state index contributed by atoms with van der Waals surface area (Å²) in [4.78, 5) is 85.8. The average molecular weight is 1090 g/mol. The summed E-state index contributed by atoms with van der Waals surface area (Å²) in [5.41, 5.74) is 0. The molecule has 6 rings (SSSR count). The van der Waals surface area contributed by atoms with Crippen LogP contribution in [0, 0.1) is 17.8 Å². The Bertz CT molecular complexity index is 2420. The van der Waals surface area contributed by atoms with Gasteiger partial charge in [-0.05, 0) is 118 Å². The first kappa shape index (κ1) is 72.2. The van der Waals surface area contributed by atoms with E-state index in [1.807, 2.05) is 48.5 Å². The van der Waals surface area contributed by atoms with E-state index < -0.39 is 12.3 Å². The van der Waals surface area contributed by atoms with Gasteiger partial charge in [-0.2, -0.15) is 0 Å². The van der Waals surface area contributed by atoms with Crippen LogP contribution in [0.15, 0.2) is 137 Å². The van der Waals surface area contributed by atoms with Crippen LogP contribution in [-0.2, 0) is 39.9 Å². The number of unbranched alkanes of at least 4 members (excludes halogenated alkanes) is 1. The molecule has 18 nitrogen and oxygen atoms in total. The first-order valence-corrected chi connectivity index (χ1v) is 25.8. The minimum atomic E-state index is -0.564. The van der Waals surface area contributed by atoms with Gasteiger partial charge in [0.25, 0.3) is 0 Å². The monoisotopic (exact) mass is 1090 g/mol. The second-order valence-electron chi connectivity index (χ2n) is 15.8. The van der Waals surface area contributed by atoms with Gasteiger partial charge in [-0.1, -0.05) is 54.9 Å². The number of carbonyl (C=O) groups excluding carboxylic acids is 8. The van der Waals surface area contributed by atoms with Crippen LogP contribution in [0.5, 0.6) is 0 Å². The zero-order valence-corrected chi connectivity index (χ0v) is 47.4. The van der Waals surface area contributed by atoms with Gasteiger partial charge in [-0.3, -0.25) is 33.6 Å². The number of hydrogen-bond donors (Lipinski definition) is 0. The fourth-order valence-electron chi connectivity index (χ4n) is 4.94. The Morgan fingerprint density at radius 2 is 0.949 bits per heavy atom. The second kappa shape index (κ2) is 47.6. The molecule has 0 aromatic carbocycles. The van der Waals surface area contributed by atoms with Crippen LogP contribution in [0.1, 0.15) is 193 Å². The first-order valence-electron chi connectivity index (χ1n) is 25.8. The summed E-state index contributed by atoms with van der Waals surface area (Å²) in [5.74, 6) is 7.63. The van der Waals surface area contributed by atoms with Gasteiger partial charge in [-0.25, -0.2) is 4.79 Å². The van der Waals surface area contributed by atoms with Crippen molar-refractivity contribution in [3.8, 4) is 11.8 Å². The van der Waals surface area contributed by atoms with Gasteiger partial charge in [0, 0.05) is 65.1 Å². The van der Waals surface area contributed by atoms with E-state index in [9.17, 15) is 38.4 Å². The van der Waals surface area contributed by atoms with Gasteiger partial charge in [0.05, 0.1) is 44.2 Å². The Hall–Kier alpha value is -7.88. The Labute approximate surface area is 458 Å². The lowest BCUT2D eigenvalue weighted by Crippen LogP contribution is -2.15. The lowest BCUT2D eigenvalue weighted by Gasteiger charge is -2.09. The average Bonchev–Trinajstić information content (AvgIpc) is 4.30. The molecule has 6 aromatic rings. The number of rotatable bonds is 21. The van der Waals surface area contributed by atoms with Crippen LogP contribution in [0.3, 0.4) is 0 Å². The summed E-state index contributed by atoms with van der Waals surface area (Å²) < 4.78 is 48.7. The molecule has 0 bridgehead atoms. The molecule has 6 heterocycles. The molecule has 0 unspecified atom stereocenters. The van der Waals surface area contributed by atoms with Crippen LogP contribution in [0.25, 0.3) is 0 Å². The molecular weight excluding hydrogens is 1010 g/mol. The van der Waals surface area contributed by atoms with Gasteiger partial charge in [0.2, 0.25) is 17.8 Å². The Morgan fingerprint density at radius 1 is 0.500 bits per heavy atom. The quantitative estimate of drug-likeness (QED) is 0.0213. The fraction of sp³-hybridized carbons (Fsp3) is 0.433. The summed E-state index contributed by atoms with van der Waals surface area (Å²) in [6, 6.07) is 20.3. The Balaban J connectivity index is 0. The van der Waals surface area contributed by atoms with E-state index in [4.69, 9.17) is 36.0 Å². The third-order valence-electron chi connectivity index (χ3n) is 9.05. The number of Topliss-reactive ketones (excluding diaryl/α,β-unsaturated/α-hetero) is 6. The normalized spacial score (nSPS) is 9.51. The Morgan fingerprint density at radius 3 is 1.28 bits per heavy atom.